The van der Waals surface area contributed by atoms with Gasteiger partial charge in [0.1, 0.15) is 12.6 Å². The summed E-state index contributed by atoms with van der Waals surface area (Å²) in [5.41, 5.74) is 6.57. The monoisotopic (exact) mass is 275 g/mol. The predicted molar refractivity (Wildman–Crippen MR) is 71.4 cm³/mol. The Balaban J connectivity index is 2.06. The van der Waals surface area contributed by atoms with Gasteiger partial charge in [0.15, 0.2) is 0 Å². The Hall–Kier alpha value is -2.52. The Bertz CT molecular complexity index is 658. The highest BCUT2D eigenvalue weighted by atomic mass is 35.5. The van der Waals surface area contributed by atoms with Crippen LogP contribution in [0.4, 0.5) is 11.4 Å². The van der Waals surface area contributed by atoms with Crippen LogP contribution in [0.15, 0.2) is 30.6 Å². The summed E-state index contributed by atoms with van der Waals surface area (Å²) in [4.78, 5) is 15.6. The van der Waals surface area contributed by atoms with Crippen molar-refractivity contribution >= 4 is 28.9 Å². The molecule has 1 aromatic carbocycles. The van der Waals surface area contributed by atoms with Crippen molar-refractivity contribution in [1.29, 1.82) is 5.26 Å². The first-order chi connectivity index (χ1) is 9.10. The third-order valence-corrected chi connectivity index (χ3v) is 2.75. The number of rotatable bonds is 3. The predicted octanol–water partition coefficient (Wildman–Crippen LogP) is 1.63. The molecule has 0 aliphatic rings. The number of hydrogen-bond acceptors (Lipinski definition) is 4. The number of nitrogens with zero attached hydrogens (tertiary/aromatic N) is 3. The lowest BCUT2D eigenvalue weighted by Crippen LogP contribution is -2.19. The van der Waals surface area contributed by atoms with Gasteiger partial charge < -0.3 is 15.6 Å². The van der Waals surface area contributed by atoms with E-state index in [4.69, 9.17) is 22.6 Å². The van der Waals surface area contributed by atoms with Crippen LogP contribution >= 0.6 is 11.6 Å². The van der Waals surface area contributed by atoms with Gasteiger partial charge in [-0.3, -0.25) is 4.79 Å². The zero-order valence-electron chi connectivity index (χ0n) is 9.80. The van der Waals surface area contributed by atoms with Gasteiger partial charge in [0.05, 0.1) is 10.7 Å². The number of amides is 1. The highest BCUT2D eigenvalue weighted by molar-refractivity contribution is 6.33. The molecule has 0 radical (unpaired) electrons. The fourth-order valence-electron chi connectivity index (χ4n) is 1.53. The molecule has 0 saturated heterocycles. The number of nitrogens with one attached hydrogen (secondary N) is 1. The second-order valence-corrected chi connectivity index (χ2v) is 4.18. The maximum absolute atomic E-state index is 11.8. The average molecular weight is 276 g/mol. The Morgan fingerprint density at radius 1 is 1.58 bits per heavy atom. The largest absolute Gasteiger partial charge is 0.397 e. The Morgan fingerprint density at radius 3 is 3.05 bits per heavy atom. The maximum atomic E-state index is 11.8. The third kappa shape index (κ3) is 3.03. The summed E-state index contributed by atoms with van der Waals surface area (Å²) in [6, 6.07) is 6.71. The highest BCUT2D eigenvalue weighted by Gasteiger charge is 2.08. The van der Waals surface area contributed by atoms with E-state index in [1.54, 1.807) is 24.4 Å². The van der Waals surface area contributed by atoms with Crippen molar-refractivity contribution in [1.82, 2.24) is 9.55 Å². The second-order valence-electron chi connectivity index (χ2n) is 3.78. The van der Waals surface area contributed by atoms with Crippen LogP contribution in [0.2, 0.25) is 5.02 Å². The number of benzene rings is 1. The minimum absolute atomic E-state index is 0.00538. The SMILES string of the molecule is N#Cc1nccn1CC(=O)Nc1ccc(Cl)c(N)c1. The van der Waals surface area contributed by atoms with Gasteiger partial charge in [0.2, 0.25) is 11.7 Å². The molecule has 0 unspecified atom stereocenters. The third-order valence-electron chi connectivity index (χ3n) is 2.41. The summed E-state index contributed by atoms with van der Waals surface area (Å²) in [5.74, 6) is -0.0954. The van der Waals surface area contributed by atoms with E-state index in [2.05, 4.69) is 10.3 Å². The van der Waals surface area contributed by atoms with E-state index in [9.17, 15) is 4.79 Å². The van der Waals surface area contributed by atoms with E-state index in [0.717, 1.165) is 0 Å². The number of nitrogen functional groups attached to an aromatic ring is 1. The number of hydrogen-bond donors (Lipinski definition) is 2. The number of imidazole rings is 1. The second kappa shape index (κ2) is 5.42. The molecule has 6 nitrogen and oxygen atoms in total. The Morgan fingerprint density at radius 2 is 2.37 bits per heavy atom. The molecule has 2 rings (SSSR count). The molecule has 0 atom stereocenters. The normalized spacial score (nSPS) is 9.89. The van der Waals surface area contributed by atoms with Crippen molar-refractivity contribution in [2.24, 2.45) is 0 Å². The molecule has 96 valence electrons. The summed E-state index contributed by atoms with van der Waals surface area (Å²) in [5, 5.41) is 11.9. The zero-order valence-corrected chi connectivity index (χ0v) is 10.6. The number of halogens is 1. The summed E-state index contributed by atoms with van der Waals surface area (Å²) < 4.78 is 1.45. The Labute approximate surface area is 114 Å². The van der Waals surface area contributed by atoms with Crippen molar-refractivity contribution in [3.63, 3.8) is 0 Å². The van der Waals surface area contributed by atoms with E-state index in [1.807, 2.05) is 6.07 Å². The molecule has 0 aliphatic heterocycles. The first kappa shape index (κ1) is 12.9. The lowest BCUT2D eigenvalue weighted by atomic mass is 10.3. The zero-order chi connectivity index (χ0) is 13.8. The van der Waals surface area contributed by atoms with Gasteiger partial charge in [-0.15, -0.1) is 0 Å². The minimum Gasteiger partial charge on any atom is -0.397 e. The first-order valence-electron chi connectivity index (χ1n) is 5.36. The smallest absolute Gasteiger partial charge is 0.244 e. The van der Waals surface area contributed by atoms with Crippen molar-refractivity contribution in [3.05, 3.63) is 41.4 Å². The number of nitrogens with two attached hydrogens (primary N) is 1. The van der Waals surface area contributed by atoms with Crippen LogP contribution in [0.3, 0.4) is 0 Å². The molecule has 0 bridgehead atoms. The van der Waals surface area contributed by atoms with Gasteiger partial charge in [0, 0.05) is 18.1 Å². The molecule has 1 amide bonds. The van der Waals surface area contributed by atoms with E-state index in [-0.39, 0.29) is 18.3 Å². The van der Waals surface area contributed by atoms with E-state index in [1.165, 1.54) is 10.8 Å². The van der Waals surface area contributed by atoms with Crippen molar-refractivity contribution in [3.8, 4) is 6.07 Å². The fourth-order valence-corrected chi connectivity index (χ4v) is 1.64. The molecule has 0 aliphatic carbocycles. The number of anilines is 2. The highest BCUT2D eigenvalue weighted by Crippen LogP contribution is 2.22. The van der Waals surface area contributed by atoms with Gasteiger partial charge in [-0.05, 0) is 18.2 Å². The van der Waals surface area contributed by atoms with E-state index in [0.29, 0.717) is 16.4 Å². The summed E-state index contributed by atoms with van der Waals surface area (Å²) in [7, 11) is 0. The lowest BCUT2D eigenvalue weighted by Gasteiger charge is -2.07. The molecule has 0 spiro atoms. The van der Waals surface area contributed by atoms with E-state index < -0.39 is 0 Å². The summed E-state index contributed by atoms with van der Waals surface area (Å²) in [6.07, 6.45) is 3.03. The van der Waals surface area contributed by atoms with Crippen molar-refractivity contribution < 1.29 is 4.79 Å². The molecule has 1 heterocycles. The fraction of sp³-hybridized carbons (Fsp3) is 0.0833. The summed E-state index contributed by atoms with van der Waals surface area (Å²) >= 11 is 5.79. The average Bonchev–Trinajstić information content (AvgIpc) is 2.81. The van der Waals surface area contributed by atoms with Gasteiger partial charge in [-0.25, -0.2) is 4.98 Å². The van der Waals surface area contributed by atoms with Crippen LogP contribution in [0, 0.1) is 11.3 Å². The molecule has 3 N–H and O–H groups in total. The number of aromatic nitrogens is 2. The van der Waals surface area contributed by atoms with Crippen molar-refractivity contribution in [2.75, 3.05) is 11.1 Å². The van der Waals surface area contributed by atoms with Crippen LogP contribution in [0.25, 0.3) is 0 Å². The first-order valence-corrected chi connectivity index (χ1v) is 5.74. The molecule has 0 fully saturated rings. The summed E-state index contributed by atoms with van der Waals surface area (Å²) in [6.45, 7) is 0.00538. The van der Waals surface area contributed by atoms with Crippen molar-refractivity contribution in [2.45, 2.75) is 6.54 Å². The van der Waals surface area contributed by atoms with Crippen LogP contribution < -0.4 is 11.1 Å². The maximum Gasteiger partial charge on any atom is 0.244 e. The molecule has 7 heteroatoms. The van der Waals surface area contributed by atoms with Gasteiger partial charge in [-0.1, -0.05) is 11.6 Å². The minimum atomic E-state index is -0.281. The van der Waals surface area contributed by atoms with Crippen LogP contribution in [0.1, 0.15) is 5.82 Å². The standard InChI is InChI=1S/C12H10ClN5O/c13-9-2-1-8(5-10(9)15)17-12(19)7-18-4-3-16-11(18)6-14/h1-5H,7,15H2,(H,17,19). The topological polar surface area (TPSA) is 96.7 Å². The quantitative estimate of drug-likeness (QED) is 0.832. The number of carbonyl (C=O) groups is 1. The number of carbonyl (C=O) groups excluding carboxylic acids is 1. The lowest BCUT2D eigenvalue weighted by molar-refractivity contribution is -0.116. The molecule has 1 aromatic heterocycles. The van der Waals surface area contributed by atoms with Gasteiger partial charge in [0.25, 0.3) is 0 Å². The molecule has 19 heavy (non-hydrogen) atoms. The van der Waals surface area contributed by atoms with Gasteiger partial charge >= 0.3 is 0 Å². The van der Waals surface area contributed by atoms with Crippen LogP contribution in [-0.2, 0) is 11.3 Å². The Kier molecular flexibility index (Phi) is 3.68. The van der Waals surface area contributed by atoms with Crippen LogP contribution in [0.5, 0.6) is 0 Å². The van der Waals surface area contributed by atoms with Crippen LogP contribution in [-0.4, -0.2) is 15.5 Å². The molecule has 2 aromatic rings. The van der Waals surface area contributed by atoms with E-state index >= 15 is 0 Å². The molecular formula is C12H10ClN5O. The van der Waals surface area contributed by atoms with Gasteiger partial charge in [-0.2, -0.15) is 5.26 Å². The molecular weight excluding hydrogens is 266 g/mol. The number of nitriles is 1. The molecule has 0 saturated carbocycles.